The van der Waals surface area contributed by atoms with Crippen molar-refractivity contribution < 1.29 is 9.47 Å². The smallest absolute Gasteiger partial charge is 0.191 e. The van der Waals surface area contributed by atoms with E-state index >= 15 is 0 Å². The van der Waals surface area contributed by atoms with Crippen LogP contribution in [0.1, 0.15) is 39.2 Å². The predicted octanol–water partition coefficient (Wildman–Crippen LogP) is 2.94. The van der Waals surface area contributed by atoms with Crippen LogP contribution in [0.3, 0.4) is 0 Å². The minimum absolute atomic E-state index is 0.461. The van der Waals surface area contributed by atoms with E-state index < -0.39 is 0 Å². The molecule has 0 radical (unpaired) electrons. The van der Waals surface area contributed by atoms with E-state index in [-0.39, 0.29) is 0 Å². The van der Waals surface area contributed by atoms with E-state index in [1.54, 1.807) is 0 Å². The van der Waals surface area contributed by atoms with E-state index in [2.05, 4.69) is 60.6 Å². The van der Waals surface area contributed by atoms with Gasteiger partial charge in [-0.1, -0.05) is 44.2 Å². The van der Waals surface area contributed by atoms with Crippen molar-refractivity contribution in [2.75, 3.05) is 59.2 Å². The fourth-order valence-corrected chi connectivity index (χ4v) is 3.66. The molecule has 1 aromatic rings. The monoisotopic (exact) mass is 418 g/mol. The minimum atomic E-state index is 0.461. The quantitative estimate of drug-likeness (QED) is 0.293. The minimum Gasteiger partial charge on any atom is -0.381 e. The maximum atomic E-state index is 5.78. The van der Waals surface area contributed by atoms with E-state index in [1.165, 1.54) is 5.56 Å². The Morgan fingerprint density at radius 1 is 1.10 bits per heavy atom. The van der Waals surface area contributed by atoms with Gasteiger partial charge in [0, 0.05) is 38.8 Å². The van der Waals surface area contributed by atoms with E-state index in [0.29, 0.717) is 12.0 Å². The van der Waals surface area contributed by atoms with E-state index in [9.17, 15) is 0 Å². The van der Waals surface area contributed by atoms with Gasteiger partial charge in [-0.3, -0.25) is 9.89 Å². The first-order valence-electron chi connectivity index (χ1n) is 11.7. The topological polar surface area (TPSA) is 58.1 Å². The predicted molar refractivity (Wildman–Crippen MR) is 125 cm³/mol. The van der Waals surface area contributed by atoms with Crippen LogP contribution >= 0.6 is 0 Å². The van der Waals surface area contributed by atoms with Gasteiger partial charge in [0.25, 0.3) is 0 Å². The summed E-state index contributed by atoms with van der Waals surface area (Å²) in [5.74, 6) is 1.49. The summed E-state index contributed by atoms with van der Waals surface area (Å²) >= 11 is 0. The third kappa shape index (κ3) is 9.92. The number of nitrogens with one attached hydrogen (secondary N) is 2. The first kappa shape index (κ1) is 24.6. The Bertz CT molecular complexity index is 574. The van der Waals surface area contributed by atoms with Gasteiger partial charge in [-0.15, -0.1) is 0 Å². The molecule has 1 fully saturated rings. The van der Waals surface area contributed by atoms with Gasteiger partial charge in [0.1, 0.15) is 0 Å². The number of morpholine rings is 1. The van der Waals surface area contributed by atoms with Gasteiger partial charge < -0.3 is 20.1 Å². The van der Waals surface area contributed by atoms with Crippen molar-refractivity contribution in [2.24, 2.45) is 10.9 Å². The van der Waals surface area contributed by atoms with Crippen molar-refractivity contribution in [3.63, 3.8) is 0 Å². The highest BCUT2D eigenvalue weighted by atomic mass is 16.5. The van der Waals surface area contributed by atoms with Gasteiger partial charge in [-0.25, -0.2) is 0 Å². The summed E-state index contributed by atoms with van der Waals surface area (Å²) in [4.78, 5) is 7.39. The summed E-state index contributed by atoms with van der Waals surface area (Å²) in [6.45, 7) is 14.6. The Morgan fingerprint density at radius 3 is 2.57 bits per heavy atom. The lowest BCUT2D eigenvalue weighted by Gasteiger charge is -2.36. The highest BCUT2D eigenvalue weighted by molar-refractivity contribution is 5.79. The van der Waals surface area contributed by atoms with Gasteiger partial charge in [0.2, 0.25) is 0 Å². The molecule has 170 valence electrons. The number of ether oxygens (including phenoxy) is 2. The fraction of sp³-hybridized carbons (Fsp3) is 0.708. The second-order valence-electron chi connectivity index (χ2n) is 8.16. The van der Waals surface area contributed by atoms with Gasteiger partial charge >= 0.3 is 0 Å². The first-order valence-corrected chi connectivity index (χ1v) is 11.7. The lowest BCUT2D eigenvalue weighted by molar-refractivity contribution is 0.00867. The number of benzene rings is 1. The van der Waals surface area contributed by atoms with Crippen molar-refractivity contribution in [1.82, 2.24) is 15.5 Å². The van der Waals surface area contributed by atoms with Gasteiger partial charge in [-0.05, 0) is 37.7 Å². The lowest BCUT2D eigenvalue weighted by Crippen LogP contribution is -2.48. The lowest BCUT2D eigenvalue weighted by atomic mass is 10.0. The zero-order valence-electron chi connectivity index (χ0n) is 19.2. The Balaban J connectivity index is 1.62. The molecular formula is C24H42N4O2. The number of rotatable bonds is 13. The maximum Gasteiger partial charge on any atom is 0.191 e. The summed E-state index contributed by atoms with van der Waals surface area (Å²) in [5.41, 5.74) is 1.34. The molecule has 0 aromatic heterocycles. The van der Waals surface area contributed by atoms with Crippen LogP contribution in [0.15, 0.2) is 35.3 Å². The molecular weight excluding hydrogens is 376 g/mol. The summed E-state index contributed by atoms with van der Waals surface area (Å²) in [5, 5.41) is 6.85. The van der Waals surface area contributed by atoms with Crippen LogP contribution < -0.4 is 10.6 Å². The molecule has 6 heteroatoms. The largest absolute Gasteiger partial charge is 0.381 e. The number of guanidine groups is 1. The summed E-state index contributed by atoms with van der Waals surface area (Å²) in [6.07, 6.45) is 3.12. The second kappa shape index (κ2) is 15.2. The molecule has 2 N–H and O–H groups in total. The molecule has 0 saturated carbocycles. The molecule has 1 aliphatic rings. The van der Waals surface area contributed by atoms with Crippen LogP contribution in [-0.4, -0.2) is 76.1 Å². The highest BCUT2D eigenvalue weighted by Crippen LogP contribution is 2.13. The Labute approximate surface area is 183 Å². The highest BCUT2D eigenvalue weighted by Gasteiger charge is 2.23. The van der Waals surface area contributed by atoms with Crippen molar-refractivity contribution in [1.29, 1.82) is 0 Å². The van der Waals surface area contributed by atoms with Crippen molar-refractivity contribution >= 4 is 5.96 Å². The molecule has 1 heterocycles. The van der Waals surface area contributed by atoms with Crippen molar-refractivity contribution in [3.8, 4) is 0 Å². The molecule has 2 rings (SSSR count). The summed E-state index contributed by atoms with van der Waals surface area (Å²) in [7, 11) is 0. The van der Waals surface area contributed by atoms with E-state index in [4.69, 9.17) is 14.5 Å². The number of unbranched alkanes of at least 4 members (excludes halogenated alkanes) is 1. The zero-order valence-corrected chi connectivity index (χ0v) is 19.2. The van der Waals surface area contributed by atoms with Crippen LogP contribution in [-0.2, 0) is 15.9 Å². The molecule has 0 aliphatic carbocycles. The van der Waals surface area contributed by atoms with Crippen LogP contribution in [0, 0.1) is 5.92 Å². The molecule has 1 atom stereocenters. The summed E-state index contributed by atoms with van der Waals surface area (Å²) in [6, 6.07) is 11.0. The Hall–Kier alpha value is -1.63. The number of nitrogens with zero attached hydrogens (tertiary/aromatic N) is 2. The van der Waals surface area contributed by atoms with Gasteiger partial charge in [0.15, 0.2) is 5.96 Å². The van der Waals surface area contributed by atoms with E-state index in [1.807, 2.05) is 6.07 Å². The molecule has 1 aromatic carbocycles. The average Bonchev–Trinajstić information content (AvgIpc) is 2.77. The number of aliphatic imine (C=N–C) groups is 1. The molecule has 6 nitrogen and oxygen atoms in total. The molecule has 0 spiro atoms. The van der Waals surface area contributed by atoms with Crippen molar-refractivity contribution in [3.05, 3.63) is 35.9 Å². The standard InChI is InChI=1S/C24H42N4O2/c1-4-25-24(27-20-23(21(2)3)28-14-18-30-19-15-28)26-13-8-9-16-29-17-12-22-10-6-5-7-11-22/h5-7,10-11,21,23H,4,8-9,12-20H2,1-3H3,(H2,25,26,27). The molecule has 1 unspecified atom stereocenters. The number of hydrogen-bond donors (Lipinski definition) is 2. The second-order valence-corrected chi connectivity index (χ2v) is 8.16. The molecule has 0 amide bonds. The number of hydrogen-bond acceptors (Lipinski definition) is 4. The van der Waals surface area contributed by atoms with Gasteiger partial charge in [-0.2, -0.15) is 0 Å². The molecule has 1 saturated heterocycles. The fourth-order valence-electron chi connectivity index (χ4n) is 3.66. The van der Waals surface area contributed by atoms with Crippen LogP contribution in [0.4, 0.5) is 0 Å². The SMILES string of the molecule is CCNC(=NCC(C(C)C)N1CCOCC1)NCCCCOCCc1ccccc1. The van der Waals surface area contributed by atoms with Crippen LogP contribution in [0.2, 0.25) is 0 Å². The first-order chi connectivity index (χ1) is 14.7. The Kier molecular flexibility index (Phi) is 12.5. The third-order valence-corrected chi connectivity index (χ3v) is 5.45. The van der Waals surface area contributed by atoms with Crippen molar-refractivity contribution in [2.45, 2.75) is 46.1 Å². The third-order valence-electron chi connectivity index (χ3n) is 5.45. The van der Waals surface area contributed by atoms with Gasteiger partial charge in [0.05, 0.1) is 26.4 Å². The molecule has 1 aliphatic heterocycles. The zero-order chi connectivity index (χ0) is 21.4. The maximum absolute atomic E-state index is 5.78. The van der Waals surface area contributed by atoms with Crippen LogP contribution in [0.5, 0.6) is 0 Å². The average molecular weight is 419 g/mol. The Morgan fingerprint density at radius 2 is 1.87 bits per heavy atom. The van der Waals surface area contributed by atoms with E-state index in [0.717, 1.165) is 84.4 Å². The molecule has 30 heavy (non-hydrogen) atoms. The molecule has 0 bridgehead atoms. The summed E-state index contributed by atoms with van der Waals surface area (Å²) < 4.78 is 11.3. The van der Waals surface area contributed by atoms with Crippen LogP contribution in [0.25, 0.3) is 0 Å². The normalized spacial score (nSPS) is 16.6.